The maximum absolute atomic E-state index is 14.2. The van der Waals surface area contributed by atoms with Gasteiger partial charge in [-0.2, -0.15) is 0 Å². The first-order valence-corrected chi connectivity index (χ1v) is 12.5. The van der Waals surface area contributed by atoms with Gasteiger partial charge >= 0.3 is 0 Å². The maximum Gasteiger partial charge on any atom is 0.255 e. The van der Waals surface area contributed by atoms with E-state index in [4.69, 9.17) is 4.74 Å². The molecule has 0 bridgehead atoms. The molecule has 188 valence electrons. The highest BCUT2D eigenvalue weighted by Gasteiger charge is 2.27. The van der Waals surface area contributed by atoms with Gasteiger partial charge in [0, 0.05) is 44.1 Å². The van der Waals surface area contributed by atoms with Crippen LogP contribution in [0.4, 0.5) is 21.6 Å². The summed E-state index contributed by atoms with van der Waals surface area (Å²) in [5.74, 6) is 0.107. The van der Waals surface area contributed by atoms with Gasteiger partial charge in [0.15, 0.2) is 0 Å². The minimum atomic E-state index is -1.60. The van der Waals surface area contributed by atoms with Crippen LogP contribution in [-0.2, 0) is 4.74 Å². The molecule has 35 heavy (non-hydrogen) atoms. The predicted octanol–water partition coefficient (Wildman–Crippen LogP) is 3.02. The number of ether oxygens (including phenoxy) is 1. The lowest BCUT2D eigenvalue weighted by molar-refractivity contribution is -0.00177. The molecule has 1 atom stereocenters. The van der Waals surface area contributed by atoms with Crippen molar-refractivity contribution in [2.45, 2.75) is 25.6 Å². The van der Waals surface area contributed by atoms with E-state index < -0.39 is 17.7 Å². The normalized spacial score (nSPS) is 15.7. The van der Waals surface area contributed by atoms with E-state index in [1.807, 2.05) is 18.2 Å². The predicted molar refractivity (Wildman–Crippen MR) is 136 cm³/mol. The summed E-state index contributed by atoms with van der Waals surface area (Å²) >= 11 is 1.56. The van der Waals surface area contributed by atoms with Crippen LogP contribution in [0.5, 0.6) is 0 Å². The number of carbonyl (C=O) groups excluding carboxylic acids is 1. The number of carbonyl (C=O) groups is 1. The zero-order valence-electron chi connectivity index (χ0n) is 19.9. The molecule has 1 fully saturated rings. The molecule has 2 aromatic heterocycles. The number of halogens is 1. The van der Waals surface area contributed by atoms with Gasteiger partial charge in [-0.05, 0) is 32.0 Å². The number of hydrogen-bond donors (Lipinski definition) is 4. The lowest BCUT2D eigenvalue weighted by Crippen LogP contribution is -2.42. The van der Waals surface area contributed by atoms with Crippen molar-refractivity contribution in [3.8, 4) is 0 Å². The monoisotopic (exact) mass is 502 g/mol. The second-order valence-electron chi connectivity index (χ2n) is 8.99. The highest BCUT2D eigenvalue weighted by atomic mass is 32.1. The Kier molecular flexibility index (Phi) is 8.11. The summed E-state index contributed by atoms with van der Waals surface area (Å²) in [6, 6.07) is 7.63. The zero-order chi connectivity index (χ0) is 24.8. The molecule has 4 N–H and O–H groups in total. The molecule has 1 aliphatic heterocycles. The number of benzene rings is 1. The van der Waals surface area contributed by atoms with E-state index >= 15 is 0 Å². The Morgan fingerprint density at radius 1 is 1.29 bits per heavy atom. The van der Waals surface area contributed by atoms with Crippen LogP contribution in [0.3, 0.4) is 0 Å². The Balaban J connectivity index is 1.48. The number of aromatic nitrogens is 2. The summed E-state index contributed by atoms with van der Waals surface area (Å²) in [5, 5.41) is 19.0. The summed E-state index contributed by atoms with van der Waals surface area (Å²) < 4.78 is 20.6. The number of thiazole rings is 1. The topological polar surface area (TPSA) is 112 Å². The third kappa shape index (κ3) is 6.85. The molecule has 1 aliphatic rings. The fraction of sp³-hybridized carbons (Fsp3) is 0.458. The second-order valence-corrected chi connectivity index (χ2v) is 9.87. The first-order valence-electron chi connectivity index (χ1n) is 11.6. The van der Waals surface area contributed by atoms with E-state index in [-0.39, 0.29) is 6.54 Å². The number of amides is 1. The molecule has 0 unspecified atom stereocenters. The van der Waals surface area contributed by atoms with Crippen molar-refractivity contribution in [1.82, 2.24) is 20.2 Å². The summed E-state index contributed by atoms with van der Waals surface area (Å²) in [4.78, 5) is 23.8. The average molecular weight is 503 g/mol. The zero-order valence-corrected chi connectivity index (χ0v) is 20.7. The largest absolute Gasteiger partial charge is 0.387 e. The Labute approximate surface area is 207 Å². The quantitative estimate of drug-likeness (QED) is 0.335. The number of aliphatic hydroxyl groups is 1. The molecule has 0 saturated carbocycles. The Morgan fingerprint density at radius 2 is 2.09 bits per heavy atom. The van der Waals surface area contributed by atoms with Crippen molar-refractivity contribution in [2.75, 3.05) is 56.6 Å². The number of pyridine rings is 1. The molecule has 1 amide bonds. The summed E-state index contributed by atoms with van der Waals surface area (Å²) in [5.41, 5.74) is 2.94. The van der Waals surface area contributed by atoms with Gasteiger partial charge in [-0.15, -0.1) is 11.3 Å². The van der Waals surface area contributed by atoms with Crippen LogP contribution in [0, 0.1) is 0 Å². The van der Waals surface area contributed by atoms with E-state index in [2.05, 4.69) is 30.8 Å². The van der Waals surface area contributed by atoms with Gasteiger partial charge in [-0.1, -0.05) is 0 Å². The van der Waals surface area contributed by atoms with Crippen LogP contribution in [0.15, 0.2) is 36.0 Å². The van der Waals surface area contributed by atoms with Gasteiger partial charge in [0.25, 0.3) is 5.91 Å². The number of morpholine rings is 1. The third-order valence-electron chi connectivity index (χ3n) is 5.81. The molecular weight excluding hydrogens is 471 g/mol. The van der Waals surface area contributed by atoms with Crippen molar-refractivity contribution < 1.29 is 19.0 Å². The lowest BCUT2D eigenvalue weighted by atomic mass is 10.0. The van der Waals surface area contributed by atoms with E-state index in [1.54, 1.807) is 22.9 Å². The number of alkyl halides is 1. The first-order chi connectivity index (χ1) is 16.8. The van der Waals surface area contributed by atoms with Crippen molar-refractivity contribution >= 4 is 44.7 Å². The third-order valence-corrected chi connectivity index (χ3v) is 6.60. The molecular formula is C24H31FN6O3S. The van der Waals surface area contributed by atoms with E-state index in [0.29, 0.717) is 36.8 Å². The Bertz CT molecular complexity index is 1150. The number of nitrogens with zero attached hydrogens (tertiary/aromatic N) is 3. The molecule has 11 heteroatoms. The maximum atomic E-state index is 14.2. The molecule has 1 aromatic carbocycles. The van der Waals surface area contributed by atoms with Crippen molar-refractivity contribution in [3.63, 3.8) is 0 Å². The molecule has 4 rings (SSSR count). The minimum absolute atomic E-state index is 0.301. The van der Waals surface area contributed by atoms with Gasteiger partial charge in [0.2, 0.25) is 0 Å². The Hall–Kier alpha value is -2.86. The van der Waals surface area contributed by atoms with Crippen LogP contribution in [0.2, 0.25) is 0 Å². The number of nitrogens with one attached hydrogen (secondary N) is 3. The highest BCUT2D eigenvalue weighted by molar-refractivity contribution is 7.16. The van der Waals surface area contributed by atoms with Gasteiger partial charge in [-0.3, -0.25) is 9.69 Å². The number of hydrogen-bond acceptors (Lipinski definition) is 9. The van der Waals surface area contributed by atoms with Crippen LogP contribution in [-0.4, -0.2) is 83.6 Å². The number of fused-ring (bicyclic) bond motifs is 1. The fourth-order valence-corrected chi connectivity index (χ4v) is 4.35. The SMILES string of the molecule is CC(C)(O)[C@H](F)CNC(=O)c1cnc(Nc2ccc3ncsc3c2)cc1NCCN1CCOCC1. The van der Waals surface area contributed by atoms with Crippen LogP contribution in [0.1, 0.15) is 24.2 Å². The molecule has 3 heterocycles. The molecule has 3 aromatic rings. The molecule has 1 saturated heterocycles. The van der Waals surface area contributed by atoms with Crippen LogP contribution < -0.4 is 16.0 Å². The smallest absolute Gasteiger partial charge is 0.255 e. The van der Waals surface area contributed by atoms with Gasteiger partial charge in [0.1, 0.15) is 12.0 Å². The van der Waals surface area contributed by atoms with E-state index in [1.165, 1.54) is 20.0 Å². The minimum Gasteiger partial charge on any atom is -0.387 e. The highest BCUT2D eigenvalue weighted by Crippen LogP contribution is 2.26. The summed E-state index contributed by atoms with van der Waals surface area (Å²) in [6.45, 7) is 7.01. The van der Waals surface area contributed by atoms with Gasteiger partial charge in [-0.25, -0.2) is 14.4 Å². The van der Waals surface area contributed by atoms with E-state index in [0.717, 1.165) is 35.5 Å². The molecule has 9 nitrogen and oxygen atoms in total. The van der Waals surface area contributed by atoms with Gasteiger partial charge in [0.05, 0.1) is 52.3 Å². The van der Waals surface area contributed by atoms with E-state index in [9.17, 15) is 14.3 Å². The van der Waals surface area contributed by atoms with Gasteiger partial charge < -0.3 is 25.8 Å². The Morgan fingerprint density at radius 3 is 2.86 bits per heavy atom. The van der Waals surface area contributed by atoms with Crippen molar-refractivity contribution in [3.05, 3.63) is 41.5 Å². The second kappa shape index (κ2) is 11.3. The number of rotatable bonds is 10. The standard InChI is InChI=1S/C24H31FN6O3S/c1-24(2,33)21(25)14-28-23(32)17-13-27-22(30-16-3-4-18-20(11-16)35-15-29-18)12-19(17)26-5-6-31-7-9-34-10-8-31/h3-4,11-13,15,21,33H,5-10,14H2,1-2H3,(H,28,32)(H2,26,27,30)/t21-/m1/s1. The fourth-order valence-electron chi connectivity index (χ4n) is 3.63. The lowest BCUT2D eigenvalue weighted by Gasteiger charge is -2.27. The number of anilines is 3. The van der Waals surface area contributed by atoms with Crippen molar-refractivity contribution in [2.24, 2.45) is 0 Å². The molecule has 0 radical (unpaired) electrons. The summed E-state index contributed by atoms with van der Waals surface area (Å²) in [7, 11) is 0. The average Bonchev–Trinajstić information content (AvgIpc) is 3.30. The van der Waals surface area contributed by atoms with Crippen molar-refractivity contribution in [1.29, 1.82) is 0 Å². The van der Waals surface area contributed by atoms with Crippen LogP contribution >= 0.6 is 11.3 Å². The summed E-state index contributed by atoms with van der Waals surface area (Å²) in [6.07, 6.45) is -0.128. The molecule has 0 aliphatic carbocycles. The first kappa shape index (κ1) is 25.2. The van der Waals surface area contributed by atoms with Crippen LogP contribution in [0.25, 0.3) is 10.2 Å². The molecule has 0 spiro atoms.